The molecule has 0 aromatic heterocycles. The summed E-state index contributed by atoms with van der Waals surface area (Å²) in [6.45, 7) is 1.75. The van der Waals surface area contributed by atoms with Gasteiger partial charge in [-0.15, -0.1) is 0 Å². The predicted octanol–water partition coefficient (Wildman–Crippen LogP) is 0.735. The van der Waals surface area contributed by atoms with E-state index >= 15 is 0 Å². The Morgan fingerprint density at radius 1 is 1.50 bits per heavy atom. The highest BCUT2D eigenvalue weighted by atomic mass is 16.5. The molecule has 7 heteroatoms. The molecule has 2 atom stereocenters. The Kier molecular flexibility index (Phi) is 7.98. The molecule has 2 unspecified atom stereocenters. The minimum absolute atomic E-state index is 0.215. The maximum Gasteiger partial charge on any atom is 0.326 e. The number of carboxylic acids is 1. The van der Waals surface area contributed by atoms with Crippen molar-refractivity contribution in [3.05, 3.63) is 0 Å². The maximum absolute atomic E-state index is 11.6. The number of methoxy groups -OCH3 is 1. The molecule has 0 spiro atoms. The first-order valence-corrected chi connectivity index (χ1v) is 7.01. The lowest BCUT2D eigenvalue weighted by molar-refractivity contribution is -0.139. The lowest BCUT2D eigenvalue weighted by atomic mass is 10.1. The third-order valence-corrected chi connectivity index (χ3v) is 3.22. The molecule has 1 aliphatic rings. The van der Waals surface area contributed by atoms with Crippen LogP contribution in [-0.2, 0) is 14.3 Å². The molecular formula is C13H24N2O5. The highest BCUT2D eigenvalue weighted by molar-refractivity contribution is 5.82. The van der Waals surface area contributed by atoms with E-state index in [0.29, 0.717) is 26.0 Å². The summed E-state index contributed by atoms with van der Waals surface area (Å²) in [7, 11) is 1.56. The van der Waals surface area contributed by atoms with E-state index in [2.05, 4.69) is 10.6 Å². The minimum Gasteiger partial charge on any atom is -0.480 e. The monoisotopic (exact) mass is 288 g/mol. The fraction of sp³-hybridized carbons (Fsp3) is 0.846. The number of rotatable bonds is 9. The predicted molar refractivity (Wildman–Crippen MR) is 72.7 cm³/mol. The molecule has 0 aromatic carbocycles. The number of hydrogen-bond donors (Lipinski definition) is 3. The van der Waals surface area contributed by atoms with Gasteiger partial charge >= 0.3 is 12.0 Å². The molecule has 7 nitrogen and oxygen atoms in total. The number of carbonyl (C=O) groups is 2. The van der Waals surface area contributed by atoms with Crippen molar-refractivity contribution in [3.8, 4) is 0 Å². The zero-order valence-electron chi connectivity index (χ0n) is 11.9. The van der Waals surface area contributed by atoms with Gasteiger partial charge in [0.1, 0.15) is 6.04 Å². The molecule has 3 N–H and O–H groups in total. The van der Waals surface area contributed by atoms with Gasteiger partial charge < -0.3 is 25.2 Å². The first-order valence-electron chi connectivity index (χ1n) is 7.01. The average molecular weight is 288 g/mol. The Bertz CT molecular complexity index is 305. The summed E-state index contributed by atoms with van der Waals surface area (Å²) in [4.78, 5) is 22.6. The highest BCUT2D eigenvalue weighted by Gasteiger charge is 2.20. The van der Waals surface area contributed by atoms with Crippen LogP contribution in [0.4, 0.5) is 4.79 Å². The van der Waals surface area contributed by atoms with Gasteiger partial charge in [0.25, 0.3) is 0 Å². The Hall–Kier alpha value is -1.34. The van der Waals surface area contributed by atoms with Crippen LogP contribution < -0.4 is 10.6 Å². The normalized spacial score (nSPS) is 19.6. The van der Waals surface area contributed by atoms with E-state index in [4.69, 9.17) is 14.6 Å². The Balaban J connectivity index is 2.17. The summed E-state index contributed by atoms with van der Waals surface area (Å²) in [6, 6.07) is -1.33. The van der Waals surface area contributed by atoms with Crippen LogP contribution >= 0.6 is 0 Å². The fourth-order valence-electron chi connectivity index (χ4n) is 2.12. The van der Waals surface area contributed by atoms with Crippen LogP contribution in [0.25, 0.3) is 0 Å². The number of hydrogen-bond acceptors (Lipinski definition) is 4. The quantitative estimate of drug-likeness (QED) is 0.544. The van der Waals surface area contributed by atoms with Crippen LogP contribution in [0, 0.1) is 0 Å². The second-order valence-corrected chi connectivity index (χ2v) is 4.85. The summed E-state index contributed by atoms with van der Waals surface area (Å²) in [5.41, 5.74) is 0. The first kappa shape index (κ1) is 16.7. The number of nitrogens with one attached hydrogen (secondary N) is 2. The van der Waals surface area contributed by atoms with Gasteiger partial charge in [-0.2, -0.15) is 0 Å². The SMILES string of the molecule is COCCCC(NC(=O)NCCC1CCCO1)C(=O)O. The second kappa shape index (κ2) is 9.55. The van der Waals surface area contributed by atoms with Crippen molar-refractivity contribution in [2.24, 2.45) is 0 Å². The molecule has 20 heavy (non-hydrogen) atoms. The summed E-state index contributed by atoms with van der Waals surface area (Å²) >= 11 is 0. The molecule has 0 aromatic rings. The molecule has 1 rings (SSSR count). The van der Waals surface area contributed by atoms with Crippen molar-refractivity contribution in [1.82, 2.24) is 10.6 Å². The van der Waals surface area contributed by atoms with Gasteiger partial charge in [0.05, 0.1) is 6.10 Å². The number of ether oxygens (including phenoxy) is 2. The van der Waals surface area contributed by atoms with E-state index in [9.17, 15) is 9.59 Å². The van der Waals surface area contributed by atoms with Crippen molar-refractivity contribution in [2.45, 2.75) is 44.2 Å². The summed E-state index contributed by atoms with van der Waals surface area (Å²) in [6.07, 6.45) is 4.00. The van der Waals surface area contributed by atoms with Crippen LogP contribution in [-0.4, -0.2) is 56.1 Å². The van der Waals surface area contributed by atoms with Gasteiger partial charge in [-0.3, -0.25) is 0 Å². The second-order valence-electron chi connectivity index (χ2n) is 4.85. The molecule has 1 fully saturated rings. The van der Waals surface area contributed by atoms with E-state index in [1.807, 2.05) is 0 Å². The van der Waals surface area contributed by atoms with Crippen molar-refractivity contribution < 1.29 is 24.2 Å². The largest absolute Gasteiger partial charge is 0.480 e. The molecule has 0 aliphatic carbocycles. The number of aliphatic carboxylic acids is 1. The number of carbonyl (C=O) groups excluding carboxylic acids is 1. The van der Waals surface area contributed by atoms with Gasteiger partial charge in [0, 0.05) is 26.9 Å². The third-order valence-electron chi connectivity index (χ3n) is 3.22. The van der Waals surface area contributed by atoms with Crippen LogP contribution in [0.5, 0.6) is 0 Å². The van der Waals surface area contributed by atoms with Crippen molar-refractivity contribution in [2.75, 3.05) is 26.9 Å². The molecular weight excluding hydrogens is 264 g/mol. The smallest absolute Gasteiger partial charge is 0.326 e. The molecule has 1 heterocycles. The summed E-state index contributed by atoms with van der Waals surface area (Å²) in [5, 5.41) is 14.1. The van der Waals surface area contributed by atoms with Crippen molar-refractivity contribution in [3.63, 3.8) is 0 Å². The lowest BCUT2D eigenvalue weighted by Crippen LogP contribution is -2.46. The van der Waals surface area contributed by atoms with Gasteiger partial charge in [0.15, 0.2) is 0 Å². The van der Waals surface area contributed by atoms with Crippen LogP contribution in [0.15, 0.2) is 0 Å². The Morgan fingerprint density at radius 3 is 2.90 bits per heavy atom. The summed E-state index contributed by atoms with van der Waals surface area (Å²) < 4.78 is 10.3. The summed E-state index contributed by atoms with van der Waals surface area (Å²) in [5.74, 6) is -1.03. The molecule has 0 bridgehead atoms. The standard InChI is InChI=1S/C13H24N2O5/c1-19-8-3-5-11(12(16)17)15-13(18)14-7-6-10-4-2-9-20-10/h10-11H,2-9H2,1H3,(H,16,17)(H2,14,15,18). The van der Waals surface area contributed by atoms with Crippen LogP contribution in [0.1, 0.15) is 32.1 Å². The molecule has 1 saturated heterocycles. The molecule has 1 aliphatic heterocycles. The minimum atomic E-state index is -1.03. The number of amides is 2. The van der Waals surface area contributed by atoms with Gasteiger partial charge in [-0.05, 0) is 32.1 Å². The zero-order valence-corrected chi connectivity index (χ0v) is 11.9. The van der Waals surface area contributed by atoms with Crippen molar-refractivity contribution >= 4 is 12.0 Å². The third kappa shape index (κ3) is 6.72. The van der Waals surface area contributed by atoms with Crippen molar-refractivity contribution in [1.29, 1.82) is 0 Å². The van der Waals surface area contributed by atoms with Crippen LogP contribution in [0.2, 0.25) is 0 Å². The Labute approximate surface area is 119 Å². The van der Waals surface area contributed by atoms with E-state index in [-0.39, 0.29) is 6.10 Å². The van der Waals surface area contributed by atoms with Gasteiger partial charge in [0.2, 0.25) is 0 Å². The van der Waals surface area contributed by atoms with E-state index in [1.54, 1.807) is 7.11 Å². The van der Waals surface area contributed by atoms with Gasteiger partial charge in [-0.25, -0.2) is 9.59 Å². The zero-order chi connectivity index (χ0) is 14.8. The Morgan fingerprint density at radius 2 is 2.30 bits per heavy atom. The lowest BCUT2D eigenvalue weighted by Gasteiger charge is -2.15. The van der Waals surface area contributed by atoms with E-state index in [1.165, 1.54) is 0 Å². The van der Waals surface area contributed by atoms with Gasteiger partial charge in [-0.1, -0.05) is 0 Å². The molecule has 0 radical (unpaired) electrons. The van der Waals surface area contributed by atoms with E-state index in [0.717, 1.165) is 25.9 Å². The number of urea groups is 1. The van der Waals surface area contributed by atoms with Crippen LogP contribution in [0.3, 0.4) is 0 Å². The van der Waals surface area contributed by atoms with E-state index < -0.39 is 18.0 Å². The number of carboxylic acid groups (broad SMARTS) is 1. The molecule has 2 amide bonds. The fourth-order valence-corrected chi connectivity index (χ4v) is 2.12. The molecule has 116 valence electrons. The maximum atomic E-state index is 11.6. The topological polar surface area (TPSA) is 96.9 Å². The molecule has 0 saturated carbocycles. The highest BCUT2D eigenvalue weighted by Crippen LogP contribution is 2.14. The average Bonchev–Trinajstić information content (AvgIpc) is 2.91. The first-order chi connectivity index (χ1) is 9.63.